The highest BCUT2D eigenvalue weighted by Gasteiger charge is 2.48. The van der Waals surface area contributed by atoms with Crippen LogP contribution in [0.2, 0.25) is 0 Å². The van der Waals surface area contributed by atoms with E-state index in [0.29, 0.717) is 33.6 Å². The van der Waals surface area contributed by atoms with E-state index >= 15 is 0 Å². The first-order valence-corrected chi connectivity index (χ1v) is 13.1. The summed E-state index contributed by atoms with van der Waals surface area (Å²) in [6, 6.07) is 21.2. The van der Waals surface area contributed by atoms with Crippen molar-refractivity contribution in [2.75, 3.05) is 4.90 Å². The summed E-state index contributed by atoms with van der Waals surface area (Å²) in [7, 11) is 0. The van der Waals surface area contributed by atoms with Crippen molar-refractivity contribution in [3.63, 3.8) is 0 Å². The Morgan fingerprint density at radius 2 is 1.76 bits per heavy atom. The molecule has 1 unspecified atom stereocenters. The lowest BCUT2D eigenvalue weighted by atomic mass is 9.95. The molecule has 1 aliphatic rings. The molecule has 1 atom stereocenters. The Morgan fingerprint density at radius 3 is 2.41 bits per heavy atom. The molecule has 1 aromatic heterocycles. The van der Waals surface area contributed by atoms with Crippen LogP contribution in [0.15, 0.2) is 82.8 Å². The minimum Gasteiger partial charge on any atom is -0.507 e. The van der Waals surface area contributed by atoms with Gasteiger partial charge in [-0.2, -0.15) is 0 Å². The topological polar surface area (TPSA) is 92.6 Å². The van der Waals surface area contributed by atoms with Gasteiger partial charge < -0.3 is 9.84 Å². The number of benzene rings is 3. The molecule has 0 bridgehead atoms. The molecule has 0 radical (unpaired) electrons. The molecule has 1 aliphatic heterocycles. The quantitative estimate of drug-likeness (QED) is 0.169. The number of rotatable bonds is 6. The van der Waals surface area contributed by atoms with Crippen LogP contribution in [0, 0.1) is 13.8 Å². The maximum atomic E-state index is 13.2. The number of hydrogen-bond donors (Lipinski definition) is 1. The first kappa shape index (κ1) is 24.9. The van der Waals surface area contributed by atoms with Gasteiger partial charge in [-0.1, -0.05) is 69.2 Å². The van der Waals surface area contributed by atoms with Gasteiger partial charge in [0.1, 0.15) is 23.1 Å². The predicted octanol–water partition coefficient (Wildman–Crippen LogP) is 6.12. The maximum absolute atomic E-state index is 13.2. The summed E-state index contributed by atoms with van der Waals surface area (Å²) in [5.41, 5.74) is 3.26. The lowest BCUT2D eigenvalue weighted by molar-refractivity contribution is -0.132. The van der Waals surface area contributed by atoms with Crippen LogP contribution in [0.1, 0.15) is 33.3 Å². The second kappa shape index (κ2) is 10.3. The van der Waals surface area contributed by atoms with Crippen LogP contribution in [0.3, 0.4) is 0 Å². The minimum absolute atomic E-state index is 0.00592. The largest absolute Gasteiger partial charge is 0.507 e. The standard InChI is InChI=1S/C28H22BrN3O4S/c1-16-4-3-5-18(14-16)15-36-22-12-8-20(9-13-22)25(33)23-24(19-6-10-21(29)11-7-19)32(27(35)26(23)34)28-31-30-17(2)37-28/h3-14,24,33H,15H2,1-2H3. The van der Waals surface area contributed by atoms with E-state index in [0.717, 1.165) is 15.6 Å². The summed E-state index contributed by atoms with van der Waals surface area (Å²) >= 11 is 4.63. The Labute approximate surface area is 226 Å². The van der Waals surface area contributed by atoms with Crippen molar-refractivity contribution in [3.8, 4) is 5.75 Å². The Bertz CT molecular complexity index is 1510. The molecule has 1 fully saturated rings. The van der Waals surface area contributed by atoms with Crippen molar-refractivity contribution in [2.24, 2.45) is 0 Å². The highest BCUT2D eigenvalue weighted by molar-refractivity contribution is 9.10. The zero-order valence-electron chi connectivity index (χ0n) is 20.0. The van der Waals surface area contributed by atoms with Crippen LogP contribution in [-0.2, 0) is 16.2 Å². The van der Waals surface area contributed by atoms with Gasteiger partial charge in [0, 0.05) is 10.0 Å². The fourth-order valence-corrected chi connectivity index (χ4v) is 5.19. The number of nitrogens with zero attached hydrogens (tertiary/aromatic N) is 3. The molecule has 3 aromatic carbocycles. The smallest absolute Gasteiger partial charge is 0.301 e. The first-order chi connectivity index (χ1) is 17.8. The van der Waals surface area contributed by atoms with Crippen molar-refractivity contribution in [1.82, 2.24) is 10.2 Å². The van der Waals surface area contributed by atoms with E-state index < -0.39 is 17.7 Å². The molecule has 5 rings (SSSR count). The number of Topliss-reactive ketones (excluding diaryl/α,β-unsaturated/α-hetero) is 1. The Balaban J connectivity index is 1.50. The molecule has 2 heterocycles. The van der Waals surface area contributed by atoms with Gasteiger partial charge >= 0.3 is 5.91 Å². The summed E-state index contributed by atoms with van der Waals surface area (Å²) in [6.45, 7) is 4.20. The first-order valence-electron chi connectivity index (χ1n) is 11.5. The second-order valence-corrected chi connectivity index (χ2v) is 10.7. The molecule has 0 spiro atoms. The number of aromatic nitrogens is 2. The third-order valence-electron chi connectivity index (χ3n) is 5.97. The molecule has 0 aliphatic carbocycles. The molecule has 186 valence electrons. The van der Waals surface area contributed by atoms with Crippen LogP contribution < -0.4 is 9.64 Å². The third kappa shape index (κ3) is 5.05. The molecular weight excluding hydrogens is 554 g/mol. The van der Waals surface area contributed by atoms with E-state index in [1.165, 1.54) is 16.2 Å². The van der Waals surface area contributed by atoms with Gasteiger partial charge in [0.15, 0.2) is 0 Å². The number of aliphatic hydroxyl groups excluding tert-OH is 1. The molecule has 1 amide bonds. The summed E-state index contributed by atoms with van der Waals surface area (Å²) in [5, 5.41) is 20.4. The van der Waals surface area contributed by atoms with Crippen LogP contribution in [0.5, 0.6) is 5.75 Å². The summed E-state index contributed by atoms with van der Waals surface area (Å²) in [6.07, 6.45) is 0. The SMILES string of the molecule is Cc1cccc(COc2ccc(C(O)=C3C(=O)C(=O)N(c4nnc(C)s4)C3c3ccc(Br)cc3)cc2)c1. The highest BCUT2D eigenvalue weighted by Crippen LogP contribution is 2.43. The van der Waals surface area contributed by atoms with Crippen LogP contribution >= 0.6 is 27.3 Å². The van der Waals surface area contributed by atoms with E-state index in [-0.39, 0.29) is 11.3 Å². The molecule has 7 nitrogen and oxygen atoms in total. The number of aliphatic hydroxyl groups is 1. The number of carbonyl (C=O) groups excluding carboxylic acids is 2. The average molecular weight is 576 g/mol. The summed E-state index contributed by atoms with van der Waals surface area (Å²) < 4.78 is 6.73. The van der Waals surface area contributed by atoms with E-state index in [1.807, 2.05) is 37.3 Å². The number of anilines is 1. The lowest BCUT2D eigenvalue weighted by Gasteiger charge is -2.22. The summed E-state index contributed by atoms with van der Waals surface area (Å²) in [5.74, 6) is -1.19. The predicted molar refractivity (Wildman–Crippen MR) is 146 cm³/mol. The molecule has 4 aromatic rings. The van der Waals surface area contributed by atoms with Gasteiger partial charge in [0.2, 0.25) is 5.13 Å². The van der Waals surface area contributed by atoms with Gasteiger partial charge in [-0.25, -0.2) is 0 Å². The molecular formula is C28H22BrN3O4S. The molecule has 1 saturated heterocycles. The number of halogens is 1. The van der Waals surface area contributed by atoms with Gasteiger partial charge in [-0.3, -0.25) is 14.5 Å². The minimum atomic E-state index is -0.849. The van der Waals surface area contributed by atoms with Crippen molar-refractivity contribution < 1.29 is 19.4 Å². The number of aryl methyl sites for hydroxylation is 2. The summed E-state index contributed by atoms with van der Waals surface area (Å²) in [4.78, 5) is 27.7. The lowest BCUT2D eigenvalue weighted by Crippen LogP contribution is -2.29. The van der Waals surface area contributed by atoms with Gasteiger partial charge in [0.25, 0.3) is 5.78 Å². The van der Waals surface area contributed by atoms with Crippen molar-refractivity contribution in [1.29, 1.82) is 0 Å². The third-order valence-corrected chi connectivity index (χ3v) is 7.33. The van der Waals surface area contributed by atoms with Gasteiger partial charge in [-0.15, -0.1) is 10.2 Å². The molecule has 1 N–H and O–H groups in total. The van der Waals surface area contributed by atoms with Gasteiger partial charge in [-0.05, 0) is 61.4 Å². The number of hydrogen-bond acceptors (Lipinski definition) is 7. The van der Waals surface area contributed by atoms with Crippen LogP contribution in [0.25, 0.3) is 5.76 Å². The number of ketones is 1. The average Bonchev–Trinajstić information content (AvgIpc) is 3.43. The fraction of sp³-hybridized carbons (Fsp3) is 0.143. The Morgan fingerprint density at radius 1 is 1.03 bits per heavy atom. The number of ether oxygens (including phenoxy) is 1. The van der Waals surface area contributed by atoms with Crippen LogP contribution in [-0.4, -0.2) is 27.0 Å². The van der Waals surface area contributed by atoms with Crippen LogP contribution in [0.4, 0.5) is 5.13 Å². The Hall–Kier alpha value is -3.82. The van der Waals surface area contributed by atoms with Crippen molar-refractivity contribution >= 4 is 49.8 Å². The maximum Gasteiger partial charge on any atom is 0.301 e. The van der Waals surface area contributed by atoms with E-state index in [2.05, 4.69) is 32.2 Å². The molecule has 0 saturated carbocycles. The van der Waals surface area contributed by atoms with Crippen molar-refractivity contribution in [3.05, 3.63) is 110 Å². The number of carbonyl (C=O) groups is 2. The Kier molecular flexibility index (Phi) is 6.90. The number of amides is 1. The van der Waals surface area contributed by atoms with E-state index in [4.69, 9.17) is 4.74 Å². The van der Waals surface area contributed by atoms with Gasteiger partial charge in [0.05, 0.1) is 11.6 Å². The van der Waals surface area contributed by atoms with Crippen molar-refractivity contribution in [2.45, 2.75) is 26.5 Å². The fourth-order valence-electron chi connectivity index (χ4n) is 4.21. The monoisotopic (exact) mass is 575 g/mol. The normalized spacial score (nSPS) is 16.8. The zero-order chi connectivity index (χ0) is 26.1. The zero-order valence-corrected chi connectivity index (χ0v) is 22.4. The molecule has 37 heavy (non-hydrogen) atoms. The van der Waals surface area contributed by atoms with E-state index in [1.54, 1.807) is 43.3 Å². The second-order valence-electron chi connectivity index (χ2n) is 8.63. The highest BCUT2D eigenvalue weighted by atomic mass is 79.9. The molecule has 9 heteroatoms. The van der Waals surface area contributed by atoms with E-state index in [9.17, 15) is 14.7 Å².